The standard InChI is InChI=1S/C16H25BrN4/c1-18-16(19-11-15-5-4-10-20(15)2)21(3)12-13-6-8-14(17)9-7-13/h6-9,15H,4-5,10-12H2,1-3H3,(H,18,19). The Hall–Kier alpha value is -1.07. The molecule has 0 bridgehead atoms. The second-order valence-corrected chi connectivity index (χ2v) is 6.60. The molecule has 1 fully saturated rings. The van der Waals surface area contributed by atoms with Gasteiger partial charge in [-0.05, 0) is 44.1 Å². The Balaban J connectivity index is 1.86. The highest BCUT2D eigenvalue weighted by molar-refractivity contribution is 9.10. The SMILES string of the molecule is CN=C(NCC1CCCN1C)N(C)Cc1ccc(Br)cc1. The number of hydrogen-bond acceptors (Lipinski definition) is 2. The van der Waals surface area contributed by atoms with Crippen LogP contribution in [0.15, 0.2) is 33.7 Å². The Kier molecular flexibility index (Phi) is 6.06. The molecular weight excluding hydrogens is 328 g/mol. The minimum absolute atomic E-state index is 0.628. The van der Waals surface area contributed by atoms with E-state index in [1.54, 1.807) is 0 Å². The van der Waals surface area contributed by atoms with E-state index in [4.69, 9.17) is 0 Å². The highest BCUT2D eigenvalue weighted by Crippen LogP contribution is 2.14. The Morgan fingerprint density at radius 3 is 2.71 bits per heavy atom. The fourth-order valence-electron chi connectivity index (χ4n) is 2.77. The molecular formula is C16H25BrN4. The first-order valence-electron chi connectivity index (χ1n) is 7.46. The first-order chi connectivity index (χ1) is 10.1. The van der Waals surface area contributed by atoms with Crippen molar-refractivity contribution in [3.63, 3.8) is 0 Å². The molecule has 1 saturated heterocycles. The molecule has 1 aliphatic heterocycles. The van der Waals surface area contributed by atoms with E-state index in [0.29, 0.717) is 6.04 Å². The molecule has 5 heteroatoms. The first-order valence-corrected chi connectivity index (χ1v) is 8.26. The summed E-state index contributed by atoms with van der Waals surface area (Å²) < 4.78 is 1.11. The average Bonchev–Trinajstić information content (AvgIpc) is 2.88. The van der Waals surface area contributed by atoms with Crippen molar-refractivity contribution in [3.05, 3.63) is 34.3 Å². The molecule has 0 aliphatic carbocycles. The van der Waals surface area contributed by atoms with E-state index >= 15 is 0 Å². The zero-order chi connectivity index (χ0) is 15.2. The summed E-state index contributed by atoms with van der Waals surface area (Å²) in [6.45, 7) is 3.03. The van der Waals surface area contributed by atoms with Gasteiger partial charge in [-0.3, -0.25) is 4.99 Å². The molecule has 1 unspecified atom stereocenters. The average molecular weight is 353 g/mol. The van der Waals surface area contributed by atoms with Crippen molar-refractivity contribution in [2.45, 2.75) is 25.4 Å². The minimum Gasteiger partial charge on any atom is -0.355 e. The van der Waals surface area contributed by atoms with Crippen molar-refractivity contribution >= 4 is 21.9 Å². The summed E-state index contributed by atoms with van der Waals surface area (Å²) in [6, 6.07) is 9.06. The van der Waals surface area contributed by atoms with E-state index in [2.05, 4.69) is 74.4 Å². The largest absolute Gasteiger partial charge is 0.355 e. The third-order valence-corrected chi connectivity index (χ3v) is 4.60. The number of halogens is 1. The van der Waals surface area contributed by atoms with Crippen molar-refractivity contribution in [3.8, 4) is 0 Å². The second kappa shape index (κ2) is 7.80. The molecule has 1 N–H and O–H groups in total. The summed E-state index contributed by atoms with van der Waals surface area (Å²) in [6.07, 6.45) is 2.58. The van der Waals surface area contributed by atoms with Crippen LogP contribution >= 0.6 is 15.9 Å². The van der Waals surface area contributed by atoms with Crippen molar-refractivity contribution in [1.29, 1.82) is 0 Å². The molecule has 0 aromatic heterocycles. The number of rotatable bonds is 4. The van der Waals surface area contributed by atoms with Crippen LogP contribution in [0.25, 0.3) is 0 Å². The lowest BCUT2D eigenvalue weighted by Crippen LogP contribution is -2.44. The molecule has 0 radical (unpaired) electrons. The summed E-state index contributed by atoms with van der Waals surface area (Å²) in [7, 11) is 6.13. The Bertz CT molecular complexity index is 472. The number of nitrogens with one attached hydrogen (secondary N) is 1. The normalized spacial score (nSPS) is 19.8. The maximum Gasteiger partial charge on any atom is 0.193 e. The fraction of sp³-hybridized carbons (Fsp3) is 0.562. The second-order valence-electron chi connectivity index (χ2n) is 5.69. The molecule has 0 saturated carbocycles. The number of aliphatic imine (C=N–C) groups is 1. The zero-order valence-electron chi connectivity index (χ0n) is 13.1. The molecule has 1 aliphatic rings. The van der Waals surface area contributed by atoms with Crippen LogP contribution in [0.3, 0.4) is 0 Å². The Labute approximate surface area is 136 Å². The molecule has 0 spiro atoms. The van der Waals surface area contributed by atoms with Crippen LogP contribution in [-0.4, -0.2) is 56.0 Å². The van der Waals surface area contributed by atoms with Crippen molar-refractivity contribution in [2.75, 3.05) is 34.2 Å². The molecule has 4 nitrogen and oxygen atoms in total. The first kappa shape index (κ1) is 16.3. The van der Waals surface area contributed by atoms with Gasteiger partial charge in [-0.25, -0.2) is 0 Å². The van der Waals surface area contributed by atoms with E-state index < -0.39 is 0 Å². The molecule has 1 atom stereocenters. The van der Waals surface area contributed by atoms with Gasteiger partial charge in [0.15, 0.2) is 5.96 Å². The van der Waals surface area contributed by atoms with Crippen LogP contribution in [0, 0.1) is 0 Å². The predicted molar refractivity (Wildman–Crippen MR) is 92.6 cm³/mol. The van der Waals surface area contributed by atoms with Gasteiger partial charge in [0.2, 0.25) is 0 Å². The van der Waals surface area contributed by atoms with Gasteiger partial charge in [0.1, 0.15) is 0 Å². The Morgan fingerprint density at radius 1 is 1.43 bits per heavy atom. The van der Waals surface area contributed by atoms with Gasteiger partial charge < -0.3 is 15.1 Å². The van der Waals surface area contributed by atoms with Crippen LogP contribution in [-0.2, 0) is 6.54 Å². The fourth-order valence-corrected chi connectivity index (χ4v) is 3.03. The molecule has 0 amide bonds. The number of likely N-dealkylation sites (tertiary alicyclic amines) is 1. The van der Waals surface area contributed by atoms with Crippen LogP contribution in [0.1, 0.15) is 18.4 Å². The molecule has 1 aromatic carbocycles. The molecule has 21 heavy (non-hydrogen) atoms. The van der Waals surface area contributed by atoms with Gasteiger partial charge in [-0.15, -0.1) is 0 Å². The zero-order valence-corrected chi connectivity index (χ0v) is 14.7. The Morgan fingerprint density at radius 2 is 2.14 bits per heavy atom. The summed E-state index contributed by atoms with van der Waals surface area (Å²) in [5.41, 5.74) is 1.28. The van der Waals surface area contributed by atoms with Gasteiger partial charge in [0.25, 0.3) is 0 Å². The monoisotopic (exact) mass is 352 g/mol. The van der Waals surface area contributed by atoms with E-state index in [1.165, 1.54) is 24.9 Å². The van der Waals surface area contributed by atoms with Gasteiger partial charge in [-0.1, -0.05) is 28.1 Å². The van der Waals surface area contributed by atoms with Crippen molar-refractivity contribution < 1.29 is 0 Å². The van der Waals surface area contributed by atoms with Gasteiger partial charge in [-0.2, -0.15) is 0 Å². The van der Waals surface area contributed by atoms with Crippen LogP contribution < -0.4 is 5.32 Å². The summed E-state index contributed by atoms with van der Waals surface area (Å²) in [5, 5.41) is 3.50. The highest BCUT2D eigenvalue weighted by atomic mass is 79.9. The highest BCUT2D eigenvalue weighted by Gasteiger charge is 2.21. The number of nitrogens with zero attached hydrogens (tertiary/aromatic N) is 3. The molecule has 1 aromatic rings. The van der Waals surface area contributed by atoms with Crippen LogP contribution in [0.5, 0.6) is 0 Å². The lowest BCUT2D eigenvalue weighted by molar-refractivity contribution is 0.306. The maximum absolute atomic E-state index is 4.39. The summed E-state index contributed by atoms with van der Waals surface area (Å²) >= 11 is 3.47. The topological polar surface area (TPSA) is 30.9 Å². The van der Waals surface area contributed by atoms with Gasteiger partial charge in [0, 0.05) is 37.7 Å². The lowest BCUT2D eigenvalue weighted by atomic mass is 10.2. The molecule has 1 heterocycles. The third-order valence-electron chi connectivity index (χ3n) is 4.07. The van der Waals surface area contributed by atoms with Crippen molar-refractivity contribution in [1.82, 2.24) is 15.1 Å². The smallest absolute Gasteiger partial charge is 0.193 e. The number of benzene rings is 1. The van der Waals surface area contributed by atoms with E-state index in [1.807, 2.05) is 7.05 Å². The van der Waals surface area contributed by atoms with E-state index in [9.17, 15) is 0 Å². The predicted octanol–water partition coefficient (Wildman–Crippen LogP) is 2.55. The van der Waals surface area contributed by atoms with E-state index in [0.717, 1.165) is 23.5 Å². The van der Waals surface area contributed by atoms with Crippen molar-refractivity contribution in [2.24, 2.45) is 4.99 Å². The summed E-state index contributed by atoms with van der Waals surface area (Å²) in [5.74, 6) is 0.957. The maximum atomic E-state index is 4.39. The number of guanidine groups is 1. The number of likely N-dealkylation sites (N-methyl/N-ethyl adjacent to an activating group) is 1. The summed E-state index contributed by atoms with van der Waals surface area (Å²) in [4.78, 5) is 8.98. The molecule has 116 valence electrons. The van der Waals surface area contributed by atoms with E-state index in [-0.39, 0.29) is 0 Å². The third kappa shape index (κ3) is 4.71. The number of hydrogen-bond donors (Lipinski definition) is 1. The molecule has 2 rings (SSSR count). The van der Waals surface area contributed by atoms with Crippen LogP contribution in [0.4, 0.5) is 0 Å². The quantitative estimate of drug-likeness (QED) is 0.667. The van der Waals surface area contributed by atoms with Gasteiger partial charge >= 0.3 is 0 Å². The lowest BCUT2D eigenvalue weighted by Gasteiger charge is -2.25. The minimum atomic E-state index is 0.628. The van der Waals surface area contributed by atoms with Gasteiger partial charge in [0.05, 0.1) is 0 Å². The van der Waals surface area contributed by atoms with Crippen LogP contribution in [0.2, 0.25) is 0 Å².